The van der Waals surface area contributed by atoms with Crippen molar-refractivity contribution in [2.75, 3.05) is 23.8 Å². The predicted octanol–water partition coefficient (Wildman–Crippen LogP) is 5.63. The molecule has 1 aliphatic carbocycles. The quantitative estimate of drug-likeness (QED) is 0.236. The van der Waals surface area contributed by atoms with Gasteiger partial charge in [0.2, 0.25) is 5.88 Å². The third-order valence-electron chi connectivity index (χ3n) is 7.80. The molecular weight excluding hydrogens is 575 g/mol. The lowest BCUT2D eigenvalue weighted by atomic mass is 9.97. The van der Waals surface area contributed by atoms with E-state index in [1.54, 1.807) is 48.7 Å². The van der Waals surface area contributed by atoms with E-state index in [0.717, 1.165) is 23.6 Å². The number of carbonyl (C=O) groups excluding carboxylic acids is 1. The fourth-order valence-electron chi connectivity index (χ4n) is 5.20. The van der Waals surface area contributed by atoms with Gasteiger partial charge in [0, 0.05) is 39.7 Å². The number of nitrogens with two attached hydrogens (primary N) is 1. The Hall–Kier alpha value is -3.06. The molecule has 0 radical (unpaired) electrons. The van der Waals surface area contributed by atoms with E-state index in [-0.39, 0.29) is 47.8 Å². The Balaban J connectivity index is 0.000000365. The van der Waals surface area contributed by atoms with Gasteiger partial charge < -0.3 is 20.5 Å². The number of anilines is 1. The number of pyridine rings is 1. The second-order valence-corrected chi connectivity index (χ2v) is 13.4. The molecule has 8 nitrogen and oxygen atoms in total. The number of carbonyl (C=O) groups is 1. The highest BCUT2D eigenvalue weighted by Crippen LogP contribution is 2.60. The van der Waals surface area contributed by atoms with Crippen LogP contribution < -0.4 is 15.4 Å². The molecule has 1 aromatic carbocycles. The third kappa shape index (κ3) is 6.40. The zero-order valence-electron chi connectivity index (χ0n) is 22.7. The van der Waals surface area contributed by atoms with Gasteiger partial charge in [-0.3, -0.25) is 4.79 Å². The van der Waals surface area contributed by atoms with Gasteiger partial charge in [0.1, 0.15) is 11.6 Å². The second-order valence-electron chi connectivity index (χ2n) is 11.4. The third-order valence-corrected chi connectivity index (χ3v) is 9.48. The summed E-state index contributed by atoms with van der Waals surface area (Å²) in [7, 11) is 0. The average Bonchev–Trinajstić information content (AvgIpc) is 3.78. The molecule has 3 aliphatic rings. The Kier molecular flexibility index (Phi) is 7.64. The zero-order valence-corrected chi connectivity index (χ0v) is 24.4. The van der Waals surface area contributed by atoms with Crippen molar-refractivity contribution >= 4 is 36.1 Å². The van der Waals surface area contributed by atoms with E-state index >= 15 is 0 Å². The SMILES string of the molecule is CC1(C)CC2(CS2)CN1c1nc(-n2ccc(OCCC3(C(F)(F)F)CC3)n2)ccc1C(N)=O.Oc1ccc(S)cc1. The number of hydrogen-bond donors (Lipinski definition) is 3. The van der Waals surface area contributed by atoms with Crippen molar-refractivity contribution in [1.29, 1.82) is 0 Å². The molecule has 3 fully saturated rings. The number of halogens is 3. The number of nitrogens with zero attached hydrogens (tertiary/aromatic N) is 4. The van der Waals surface area contributed by atoms with Crippen molar-refractivity contribution in [3.05, 3.63) is 54.2 Å². The van der Waals surface area contributed by atoms with Gasteiger partial charge in [0.15, 0.2) is 5.82 Å². The van der Waals surface area contributed by atoms with Crippen molar-refractivity contribution < 1.29 is 27.8 Å². The van der Waals surface area contributed by atoms with Gasteiger partial charge in [-0.25, -0.2) is 9.67 Å². The van der Waals surface area contributed by atoms with Crippen molar-refractivity contribution in [3.8, 4) is 17.4 Å². The maximum atomic E-state index is 13.1. The zero-order chi connectivity index (χ0) is 29.6. The number of thioether (sulfide) groups is 1. The second kappa shape index (κ2) is 10.6. The molecule has 4 heterocycles. The summed E-state index contributed by atoms with van der Waals surface area (Å²) in [6.07, 6.45) is -1.34. The Morgan fingerprint density at radius 3 is 2.39 bits per heavy atom. The highest BCUT2D eigenvalue weighted by molar-refractivity contribution is 8.08. The maximum Gasteiger partial charge on any atom is 0.394 e. The number of phenolic OH excluding ortho intramolecular Hbond substituents is 1. The summed E-state index contributed by atoms with van der Waals surface area (Å²) in [5.41, 5.74) is 4.20. The van der Waals surface area contributed by atoms with Gasteiger partial charge in [-0.1, -0.05) is 0 Å². The molecule has 220 valence electrons. The lowest BCUT2D eigenvalue weighted by molar-refractivity contribution is -0.190. The Morgan fingerprint density at radius 1 is 1.17 bits per heavy atom. The first-order valence-electron chi connectivity index (χ1n) is 13.2. The molecule has 1 saturated carbocycles. The van der Waals surface area contributed by atoms with Gasteiger partial charge in [-0.05, 0) is 75.9 Å². The summed E-state index contributed by atoms with van der Waals surface area (Å²) in [4.78, 5) is 19.8. The molecule has 3 aromatic rings. The molecule has 2 aromatic heterocycles. The molecule has 2 saturated heterocycles. The number of hydrogen-bond acceptors (Lipinski definition) is 8. The molecule has 41 heavy (non-hydrogen) atoms. The van der Waals surface area contributed by atoms with Gasteiger partial charge >= 0.3 is 6.18 Å². The number of aromatic hydroxyl groups is 1. The highest BCUT2D eigenvalue weighted by atomic mass is 32.2. The number of primary amides is 1. The van der Waals surface area contributed by atoms with Crippen molar-refractivity contribution in [2.45, 2.75) is 60.9 Å². The van der Waals surface area contributed by atoms with Crippen LogP contribution in [0.1, 0.15) is 49.9 Å². The minimum atomic E-state index is -4.20. The lowest BCUT2D eigenvalue weighted by Gasteiger charge is -2.33. The summed E-state index contributed by atoms with van der Waals surface area (Å²) in [5.74, 6) is 2.04. The number of thiol groups is 1. The maximum absolute atomic E-state index is 13.1. The summed E-state index contributed by atoms with van der Waals surface area (Å²) in [6, 6.07) is 11.5. The van der Waals surface area contributed by atoms with Gasteiger partial charge in [-0.2, -0.15) is 24.9 Å². The van der Waals surface area contributed by atoms with Crippen LogP contribution in [-0.4, -0.2) is 61.1 Å². The first-order chi connectivity index (χ1) is 19.2. The van der Waals surface area contributed by atoms with Crippen LogP contribution in [0.5, 0.6) is 11.6 Å². The Labute approximate surface area is 245 Å². The molecule has 13 heteroatoms. The van der Waals surface area contributed by atoms with Crippen LogP contribution in [0.15, 0.2) is 53.6 Å². The molecule has 3 N–H and O–H groups in total. The summed E-state index contributed by atoms with van der Waals surface area (Å²) in [6.45, 7) is 4.99. The van der Waals surface area contributed by atoms with Crippen LogP contribution in [0.2, 0.25) is 0 Å². The molecule has 1 unspecified atom stereocenters. The molecule has 1 spiro atoms. The topological polar surface area (TPSA) is 107 Å². The molecular formula is C28H32F3N5O3S2. The molecule has 2 aliphatic heterocycles. The smallest absolute Gasteiger partial charge is 0.394 e. The monoisotopic (exact) mass is 607 g/mol. The van der Waals surface area contributed by atoms with Crippen molar-refractivity contribution in [2.24, 2.45) is 11.1 Å². The van der Waals surface area contributed by atoms with E-state index in [0.29, 0.717) is 17.2 Å². The van der Waals surface area contributed by atoms with E-state index in [1.807, 2.05) is 11.8 Å². The van der Waals surface area contributed by atoms with Crippen molar-refractivity contribution in [1.82, 2.24) is 14.8 Å². The highest BCUT2D eigenvalue weighted by Gasteiger charge is 2.62. The van der Waals surface area contributed by atoms with E-state index in [2.05, 4.69) is 36.5 Å². The summed E-state index contributed by atoms with van der Waals surface area (Å²) >= 11 is 5.94. The number of aromatic nitrogens is 3. The van der Waals surface area contributed by atoms with Crippen LogP contribution in [0, 0.1) is 5.41 Å². The predicted molar refractivity (Wildman–Crippen MR) is 154 cm³/mol. The molecule has 1 amide bonds. The van der Waals surface area contributed by atoms with E-state index in [1.165, 1.54) is 4.68 Å². The van der Waals surface area contributed by atoms with Crippen LogP contribution in [0.25, 0.3) is 5.82 Å². The molecule has 6 rings (SSSR count). The minimum Gasteiger partial charge on any atom is -0.508 e. The number of amides is 1. The first-order valence-corrected chi connectivity index (χ1v) is 14.6. The number of phenols is 1. The largest absolute Gasteiger partial charge is 0.508 e. The Bertz CT molecular complexity index is 1400. The van der Waals surface area contributed by atoms with E-state index in [9.17, 15) is 18.0 Å². The molecule has 1 atom stereocenters. The van der Waals surface area contributed by atoms with Gasteiger partial charge in [0.25, 0.3) is 5.91 Å². The standard InChI is InChI=1S/C22H26F3N5O2S.C6H6OS/c1-19(2)11-21(13-33-21)12-29(19)18-14(17(26)31)3-4-15(27-18)30-9-5-16(28-30)32-10-8-20(6-7-20)22(23,24)25;7-5-1-3-6(8)4-2-5/h3-5,9H,6-8,10-13H2,1-2H3,(H2,26,31);1-4,7-8H. The van der Waals surface area contributed by atoms with Crippen LogP contribution in [0.3, 0.4) is 0 Å². The van der Waals surface area contributed by atoms with Crippen LogP contribution >= 0.6 is 24.4 Å². The van der Waals surface area contributed by atoms with E-state index in [4.69, 9.17) is 20.6 Å². The number of benzene rings is 1. The minimum absolute atomic E-state index is 0.0580. The fourth-order valence-corrected chi connectivity index (χ4v) is 6.43. The number of ether oxygens (including phenoxy) is 1. The number of rotatable bonds is 7. The first kappa shape index (κ1) is 29.4. The van der Waals surface area contributed by atoms with Crippen molar-refractivity contribution in [3.63, 3.8) is 0 Å². The lowest BCUT2D eigenvalue weighted by Crippen LogP contribution is -2.40. The average molecular weight is 608 g/mol. The summed E-state index contributed by atoms with van der Waals surface area (Å²) in [5, 5.41) is 13.0. The van der Waals surface area contributed by atoms with Crippen LogP contribution in [0.4, 0.5) is 19.0 Å². The van der Waals surface area contributed by atoms with Gasteiger partial charge in [-0.15, -0.1) is 17.7 Å². The summed E-state index contributed by atoms with van der Waals surface area (Å²) < 4.78 is 46.5. The van der Waals surface area contributed by atoms with Crippen LogP contribution in [-0.2, 0) is 0 Å². The van der Waals surface area contributed by atoms with E-state index < -0.39 is 17.5 Å². The number of alkyl halides is 3. The van der Waals surface area contributed by atoms with Gasteiger partial charge in [0.05, 0.1) is 17.6 Å². The Morgan fingerprint density at radius 2 is 1.85 bits per heavy atom. The fraction of sp³-hybridized carbons (Fsp3) is 0.464. The normalized spacial score (nSPS) is 21.8. The molecule has 0 bridgehead atoms.